The number of fused-ring (bicyclic) bond motifs is 1. The molecule has 0 radical (unpaired) electrons. The van der Waals surface area contributed by atoms with Crippen LogP contribution >= 0.6 is 11.8 Å². The van der Waals surface area contributed by atoms with Gasteiger partial charge < -0.3 is 14.9 Å². The Morgan fingerprint density at radius 3 is 3.27 bits per heavy atom. The van der Waals surface area contributed by atoms with Gasteiger partial charge in [-0.25, -0.2) is 0 Å². The van der Waals surface area contributed by atoms with E-state index in [2.05, 4.69) is 22.2 Å². The monoisotopic (exact) mass is 172 g/mol. The van der Waals surface area contributed by atoms with Gasteiger partial charge in [-0.15, -0.1) is 11.8 Å². The van der Waals surface area contributed by atoms with Crippen LogP contribution in [0.2, 0.25) is 0 Å². The first kappa shape index (κ1) is 7.31. The second kappa shape index (κ2) is 2.95. The van der Waals surface area contributed by atoms with Gasteiger partial charge in [0.1, 0.15) is 5.50 Å². The van der Waals surface area contributed by atoms with Crippen LogP contribution in [0.3, 0.4) is 0 Å². The average molecular weight is 172 g/mol. The maximum absolute atomic E-state index is 8.74. The molecule has 0 saturated carbocycles. The number of nitrogens with zero attached hydrogens (tertiary/aromatic N) is 2. The molecule has 0 spiro atoms. The van der Waals surface area contributed by atoms with Gasteiger partial charge in [0.05, 0.1) is 6.61 Å². The van der Waals surface area contributed by atoms with Crippen molar-refractivity contribution in [1.82, 2.24) is 9.80 Å². The molecule has 1 fully saturated rings. The van der Waals surface area contributed by atoms with Crippen LogP contribution in [0, 0.1) is 0 Å². The molecule has 1 atom stereocenters. The van der Waals surface area contributed by atoms with Crippen molar-refractivity contribution < 1.29 is 5.11 Å². The zero-order valence-electron chi connectivity index (χ0n) is 6.31. The molecule has 0 aromatic heterocycles. The normalized spacial score (nSPS) is 28.3. The topological polar surface area (TPSA) is 26.7 Å². The Morgan fingerprint density at radius 2 is 2.45 bits per heavy atom. The van der Waals surface area contributed by atoms with Crippen molar-refractivity contribution in [2.75, 3.05) is 25.4 Å². The van der Waals surface area contributed by atoms with Gasteiger partial charge in [0, 0.05) is 31.2 Å². The maximum atomic E-state index is 8.74. The molecule has 0 bridgehead atoms. The number of hydrogen-bond acceptors (Lipinski definition) is 4. The minimum atomic E-state index is 0.245. The van der Waals surface area contributed by atoms with Crippen molar-refractivity contribution in [3.8, 4) is 0 Å². The standard InChI is InChI=1S/C7H12N2OS/c10-5-3-8-1-2-9-4-6-11-7(8)9/h1-2,7,10H,3-6H2. The second-order valence-electron chi connectivity index (χ2n) is 2.69. The molecule has 62 valence electrons. The van der Waals surface area contributed by atoms with E-state index in [1.54, 1.807) is 0 Å². The Balaban J connectivity index is 1.98. The summed E-state index contributed by atoms with van der Waals surface area (Å²) in [5.74, 6) is 1.21. The zero-order valence-corrected chi connectivity index (χ0v) is 7.13. The van der Waals surface area contributed by atoms with Gasteiger partial charge in [-0.3, -0.25) is 0 Å². The van der Waals surface area contributed by atoms with Crippen LogP contribution in [0.25, 0.3) is 0 Å². The molecule has 2 heterocycles. The number of aliphatic hydroxyl groups is 1. The zero-order chi connectivity index (χ0) is 7.68. The number of β-amino-alcohol motifs (C(OH)–C–C–N with tert-alkyl or cyclic N) is 1. The predicted octanol–water partition coefficient (Wildman–Crippen LogP) is 0.0979. The van der Waals surface area contributed by atoms with Crippen molar-refractivity contribution in [3.05, 3.63) is 12.4 Å². The molecular weight excluding hydrogens is 160 g/mol. The lowest BCUT2D eigenvalue weighted by Crippen LogP contribution is -2.33. The van der Waals surface area contributed by atoms with Crippen LogP contribution in [0.1, 0.15) is 0 Å². The van der Waals surface area contributed by atoms with Crippen LogP contribution in [-0.4, -0.2) is 45.9 Å². The minimum absolute atomic E-state index is 0.245. The number of rotatable bonds is 2. The first-order valence-corrected chi connectivity index (χ1v) is 4.89. The highest BCUT2D eigenvalue weighted by Crippen LogP contribution is 2.30. The summed E-state index contributed by atoms with van der Waals surface area (Å²) < 4.78 is 0. The van der Waals surface area contributed by atoms with Crippen LogP contribution in [0.5, 0.6) is 0 Å². The Morgan fingerprint density at radius 1 is 1.55 bits per heavy atom. The van der Waals surface area contributed by atoms with Gasteiger partial charge in [-0.1, -0.05) is 0 Å². The Bertz CT molecular complexity index is 174. The number of thioether (sulfide) groups is 1. The Labute approximate surface area is 70.7 Å². The summed E-state index contributed by atoms with van der Waals surface area (Å²) in [5.41, 5.74) is 0.474. The van der Waals surface area contributed by atoms with Gasteiger partial charge in [-0.2, -0.15) is 0 Å². The average Bonchev–Trinajstić information content (AvgIpc) is 2.53. The van der Waals surface area contributed by atoms with Gasteiger partial charge in [0.25, 0.3) is 0 Å². The molecule has 1 saturated heterocycles. The third kappa shape index (κ3) is 1.20. The lowest BCUT2D eigenvalue weighted by Gasteiger charge is -2.24. The molecule has 0 aliphatic carbocycles. The van der Waals surface area contributed by atoms with Gasteiger partial charge >= 0.3 is 0 Å². The van der Waals surface area contributed by atoms with E-state index in [0.717, 1.165) is 13.1 Å². The fraction of sp³-hybridized carbons (Fsp3) is 0.714. The molecule has 3 nitrogen and oxygen atoms in total. The largest absolute Gasteiger partial charge is 0.395 e. The molecule has 11 heavy (non-hydrogen) atoms. The summed E-state index contributed by atoms with van der Waals surface area (Å²) >= 11 is 1.94. The number of hydrogen-bond donors (Lipinski definition) is 1. The highest BCUT2D eigenvalue weighted by Gasteiger charge is 2.30. The van der Waals surface area contributed by atoms with Crippen molar-refractivity contribution >= 4 is 11.8 Å². The van der Waals surface area contributed by atoms with E-state index in [-0.39, 0.29) is 6.61 Å². The van der Waals surface area contributed by atoms with Crippen LogP contribution in [0.4, 0.5) is 0 Å². The summed E-state index contributed by atoms with van der Waals surface area (Å²) in [6.45, 7) is 2.15. The minimum Gasteiger partial charge on any atom is -0.395 e. The maximum Gasteiger partial charge on any atom is 0.150 e. The van der Waals surface area contributed by atoms with E-state index in [4.69, 9.17) is 5.11 Å². The van der Waals surface area contributed by atoms with E-state index in [9.17, 15) is 0 Å². The Kier molecular flexibility index (Phi) is 1.96. The summed E-state index contributed by atoms with van der Waals surface area (Å²) in [7, 11) is 0. The molecule has 1 unspecified atom stereocenters. The summed E-state index contributed by atoms with van der Waals surface area (Å²) in [6, 6.07) is 0. The van der Waals surface area contributed by atoms with E-state index in [1.807, 2.05) is 11.8 Å². The number of aliphatic hydroxyl groups excluding tert-OH is 1. The smallest absolute Gasteiger partial charge is 0.150 e. The van der Waals surface area contributed by atoms with E-state index < -0.39 is 0 Å². The second-order valence-corrected chi connectivity index (χ2v) is 3.86. The van der Waals surface area contributed by atoms with Crippen molar-refractivity contribution in [3.63, 3.8) is 0 Å². The third-order valence-electron chi connectivity index (χ3n) is 1.99. The van der Waals surface area contributed by atoms with Crippen molar-refractivity contribution in [2.24, 2.45) is 0 Å². The molecule has 2 rings (SSSR count). The predicted molar refractivity (Wildman–Crippen MR) is 45.9 cm³/mol. The first-order valence-electron chi connectivity index (χ1n) is 3.84. The van der Waals surface area contributed by atoms with E-state index in [1.165, 1.54) is 5.75 Å². The van der Waals surface area contributed by atoms with Crippen LogP contribution < -0.4 is 0 Å². The summed E-state index contributed by atoms with van der Waals surface area (Å²) in [4.78, 5) is 4.48. The fourth-order valence-corrected chi connectivity index (χ4v) is 2.71. The van der Waals surface area contributed by atoms with Crippen LogP contribution in [-0.2, 0) is 0 Å². The molecule has 0 aromatic carbocycles. The molecular formula is C7H12N2OS. The SMILES string of the molecule is OCCN1C=CN2CCSC12. The van der Waals surface area contributed by atoms with Gasteiger partial charge in [0.15, 0.2) is 0 Å². The van der Waals surface area contributed by atoms with Gasteiger partial charge in [-0.05, 0) is 0 Å². The third-order valence-corrected chi connectivity index (χ3v) is 3.25. The first-order chi connectivity index (χ1) is 5.42. The van der Waals surface area contributed by atoms with Gasteiger partial charge in [0.2, 0.25) is 0 Å². The highest BCUT2D eigenvalue weighted by molar-refractivity contribution is 8.00. The lowest BCUT2D eigenvalue weighted by atomic mass is 10.6. The molecule has 2 aliphatic heterocycles. The molecule has 2 aliphatic rings. The molecule has 4 heteroatoms. The molecule has 0 aromatic rings. The van der Waals surface area contributed by atoms with E-state index >= 15 is 0 Å². The molecule has 1 N–H and O–H groups in total. The summed E-state index contributed by atoms with van der Waals surface area (Å²) in [5, 5.41) is 8.74. The molecule has 0 amide bonds. The van der Waals surface area contributed by atoms with E-state index in [0.29, 0.717) is 5.50 Å². The highest BCUT2D eigenvalue weighted by atomic mass is 32.2. The lowest BCUT2D eigenvalue weighted by molar-refractivity contribution is 0.197. The quantitative estimate of drug-likeness (QED) is 0.639. The van der Waals surface area contributed by atoms with Crippen molar-refractivity contribution in [2.45, 2.75) is 5.50 Å². The van der Waals surface area contributed by atoms with Crippen molar-refractivity contribution in [1.29, 1.82) is 0 Å². The fourth-order valence-electron chi connectivity index (χ4n) is 1.45. The Hall–Kier alpha value is -0.350. The van der Waals surface area contributed by atoms with Crippen LogP contribution in [0.15, 0.2) is 12.4 Å². The summed E-state index contributed by atoms with van der Waals surface area (Å²) in [6.07, 6.45) is 4.17.